The fourth-order valence-corrected chi connectivity index (χ4v) is 2.42. The second kappa shape index (κ2) is 5.61. The van der Waals surface area contributed by atoms with Gasteiger partial charge in [0, 0.05) is 12.6 Å². The molecule has 3 N–H and O–H groups in total. The minimum atomic E-state index is 0.419. The molecule has 100 valence electrons. The third kappa shape index (κ3) is 2.96. The van der Waals surface area contributed by atoms with Gasteiger partial charge in [0.05, 0.1) is 12.8 Å². The molecule has 0 aliphatic heterocycles. The highest BCUT2D eigenvalue weighted by molar-refractivity contribution is 5.58. The molecule has 1 fully saturated rings. The Kier molecular flexibility index (Phi) is 4.12. The van der Waals surface area contributed by atoms with Gasteiger partial charge in [-0.25, -0.2) is 0 Å². The lowest BCUT2D eigenvalue weighted by atomic mass is 9.81. The Hall–Kier alpha value is -1.22. The van der Waals surface area contributed by atoms with Crippen LogP contribution in [0, 0.1) is 5.92 Å². The molecule has 0 atom stereocenters. The van der Waals surface area contributed by atoms with Gasteiger partial charge in [0.25, 0.3) is 0 Å². The number of rotatable bonds is 5. The van der Waals surface area contributed by atoms with Gasteiger partial charge in [0.1, 0.15) is 5.75 Å². The van der Waals surface area contributed by atoms with Gasteiger partial charge < -0.3 is 15.8 Å². The largest absolute Gasteiger partial charge is 0.495 e. The molecule has 0 saturated heterocycles. The molecule has 0 unspecified atom stereocenters. The summed E-state index contributed by atoms with van der Waals surface area (Å²) in [6.45, 7) is 5.38. The zero-order valence-electron chi connectivity index (χ0n) is 11.6. The van der Waals surface area contributed by atoms with E-state index in [1.54, 1.807) is 7.11 Å². The Bertz CT molecular complexity index is 397. The summed E-state index contributed by atoms with van der Waals surface area (Å²) in [5, 5.41) is 3.47. The van der Waals surface area contributed by atoms with Crippen LogP contribution in [-0.2, 0) is 0 Å². The smallest absolute Gasteiger partial charge is 0.142 e. The molecular formula is C15H24N2O. The monoisotopic (exact) mass is 248 g/mol. The summed E-state index contributed by atoms with van der Waals surface area (Å²) in [7, 11) is 1.73. The number of nitrogens with two attached hydrogens (primary N) is 1. The molecule has 18 heavy (non-hydrogen) atoms. The maximum Gasteiger partial charge on any atom is 0.142 e. The lowest BCUT2D eigenvalue weighted by molar-refractivity contribution is 0.280. The molecule has 1 aromatic carbocycles. The van der Waals surface area contributed by atoms with E-state index in [1.165, 1.54) is 5.56 Å². The van der Waals surface area contributed by atoms with Crippen LogP contribution in [-0.4, -0.2) is 19.7 Å². The number of anilines is 1. The molecule has 0 spiro atoms. The van der Waals surface area contributed by atoms with E-state index < -0.39 is 0 Å². The molecule has 3 heteroatoms. The maximum atomic E-state index is 5.79. The number of benzene rings is 1. The molecule has 0 bridgehead atoms. The average Bonchev–Trinajstić information content (AvgIpc) is 2.32. The Labute approximate surface area is 110 Å². The first-order valence-corrected chi connectivity index (χ1v) is 6.77. The SMILES string of the molecule is COc1cc(C(C)C)ccc1NCC1CC(N)C1. The molecule has 1 saturated carbocycles. The van der Waals surface area contributed by atoms with Crippen molar-refractivity contribution in [2.75, 3.05) is 19.0 Å². The van der Waals surface area contributed by atoms with E-state index in [0.717, 1.165) is 36.7 Å². The number of hydrogen-bond acceptors (Lipinski definition) is 3. The highest BCUT2D eigenvalue weighted by Crippen LogP contribution is 2.31. The van der Waals surface area contributed by atoms with E-state index in [2.05, 4.69) is 37.4 Å². The standard InChI is InChI=1S/C15H24N2O/c1-10(2)12-4-5-14(15(8-12)18-3)17-9-11-6-13(16)7-11/h4-5,8,10-11,13,17H,6-7,9,16H2,1-3H3. The molecule has 0 radical (unpaired) electrons. The van der Waals surface area contributed by atoms with Gasteiger partial charge >= 0.3 is 0 Å². The topological polar surface area (TPSA) is 47.3 Å². The predicted molar refractivity (Wildman–Crippen MR) is 76.3 cm³/mol. The predicted octanol–water partition coefficient (Wildman–Crippen LogP) is 2.97. The van der Waals surface area contributed by atoms with Crippen molar-refractivity contribution < 1.29 is 4.74 Å². The summed E-state index contributed by atoms with van der Waals surface area (Å²) in [6.07, 6.45) is 2.28. The molecule has 2 rings (SSSR count). The zero-order chi connectivity index (χ0) is 13.1. The van der Waals surface area contributed by atoms with Crippen molar-refractivity contribution in [3.63, 3.8) is 0 Å². The zero-order valence-corrected chi connectivity index (χ0v) is 11.6. The number of methoxy groups -OCH3 is 1. The summed E-state index contributed by atoms with van der Waals surface area (Å²) >= 11 is 0. The van der Waals surface area contributed by atoms with Gasteiger partial charge in [-0.1, -0.05) is 19.9 Å². The molecular weight excluding hydrogens is 224 g/mol. The van der Waals surface area contributed by atoms with Crippen molar-refractivity contribution >= 4 is 5.69 Å². The molecule has 1 aliphatic carbocycles. The fourth-order valence-electron chi connectivity index (χ4n) is 2.42. The lowest BCUT2D eigenvalue weighted by Crippen LogP contribution is -2.39. The molecule has 3 nitrogen and oxygen atoms in total. The quantitative estimate of drug-likeness (QED) is 0.842. The van der Waals surface area contributed by atoms with Crippen LogP contribution in [0.4, 0.5) is 5.69 Å². The maximum absolute atomic E-state index is 5.79. The molecule has 0 amide bonds. The van der Waals surface area contributed by atoms with Gasteiger partial charge in [-0.3, -0.25) is 0 Å². The van der Waals surface area contributed by atoms with E-state index in [0.29, 0.717) is 12.0 Å². The van der Waals surface area contributed by atoms with E-state index in [4.69, 9.17) is 10.5 Å². The minimum Gasteiger partial charge on any atom is -0.495 e. The Morgan fingerprint density at radius 2 is 2.11 bits per heavy atom. The van der Waals surface area contributed by atoms with Gasteiger partial charge in [-0.2, -0.15) is 0 Å². The first kappa shape index (κ1) is 13.2. The summed E-state index contributed by atoms with van der Waals surface area (Å²) in [5.41, 5.74) is 8.19. The van der Waals surface area contributed by atoms with Crippen molar-refractivity contribution in [2.45, 2.75) is 38.6 Å². The highest BCUT2D eigenvalue weighted by Gasteiger charge is 2.25. The van der Waals surface area contributed by atoms with Gasteiger partial charge in [0.2, 0.25) is 0 Å². The molecule has 0 aromatic heterocycles. The molecule has 1 aliphatic rings. The van der Waals surface area contributed by atoms with Crippen LogP contribution in [0.2, 0.25) is 0 Å². The Morgan fingerprint density at radius 3 is 2.67 bits per heavy atom. The van der Waals surface area contributed by atoms with Crippen molar-refractivity contribution in [3.8, 4) is 5.75 Å². The van der Waals surface area contributed by atoms with Crippen LogP contribution in [0.3, 0.4) is 0 Å². The van der Waals surface area contributed by atoms with E-state index in [9.17, 15) is 0 Å². The van der Waals surface area contributed by atoms with Gasteiger partial charge in [-0.05, 0) is 42.4 Å². The van der Waals surface area contributed by atoms with Gasteiger partial charge in [-0.15, -0.1) is 0 Å². The minimum absolute atomic E-state index is 0.419. The summed E-state index contributed by atoms with van der Waals surface area (Å²) in [5.74, 6) is 2.18. The van der Waals surface area contributed by atoms with E-state index in [1.807, 2.05) is 0 Å². The van der Waals surface area contributed by atoms with Crippen LogP contribution in [0.25, 0.3) is 0 Å². The van der Waals surface area contributed by atoms with Crippen LogP contribution in [0.15, 0.2) is 18.2 Å². The number of nitrogens with one attached hydrogen (secondary N) is 1. The van der Waals surface area contributed by atoms with Crippen molar-refractivity contribution in [3.05, 3.63) is 23.8 Å². The van der Waals surface area contributed by atoms with Crippen LogP contribution in [0.5, 0.6) is 5.75 Å². The second-order valence-electron chi connectivity index (χ2n) is 5.59. The first-order valence-electron chi connectivity index (χ1n) is 6.77. The second-order valence-corrected chi connectivity index (χ2v) is 5.59. The van der Waals surface area contributed by atoms with E-state index >= 15 is 0 Å². The Morgan fingerprint density at radius 1 is 1.39 bits per heavy atom. The molecule has 1 aromatic rings. The van der Waals surface area contributed by atoms with Crippen LogP contribution < -0.4 is 15.8 Å². The fraction of sp³-hybridized carbons (Fsp3) is 0.600. The van der Waals surface area contributed by atoms with Gasteiger partial charge in [0.15, 0.2) is 0 Å². The van der Waals surface area contributed by atoms with Crippen LogP contribution in [0.1, 0.15) is 38.2 Å². The normalized spacial score (nSPS) is 22.7. The molecule has 0 heterocycles. The first-order chi connectivity index (χ1) is 8.60. The third-order valence-corrected chi connectivity index (χ3v) is 3.75. The number of ether oxygens (including phenoxy) is 1. The van der Waals surface area contributed by atoms with Crippen LogP contribution >= 0.6 is 0 Å². The highest BCUT2D eigenvalue weighted by atomic mass is 16.5. The van der Waals surface area contributed by atoms with Crippen molar-refractivity contribution in [2.24, 2.45) is 11.7 Å². The lowest BCUT2D eigenvalue weighted by Gasteiger charge is -2.32. The average molecular weight is 248 g/mol. The van der Waals surface area contributed by atoms with E-state index in [-0.39, 0.29) is 0 Å². The summed E-state index contributed by atoms with van der Waals surface area (Å²) in [6, 6.07) is 6.83. The number of hydrogen-bond donors (Lipinski definition) is 2. The summed E-state index contributed by atoms with van der Waals surface area (Å²) < 4.78 is 5.45. The van der Waals surface area contributed by atoms with Crippen molar-refractivity contribution in [1.29, 1.82) is 0 Å². The third-order valence-electron chi connectivity index (χ3n) is 3.75. The Balaban J connectivity index is 1.98. The van der Waals surface area contributed by atoms with Crippen molar-refractivity contribution in [1.82, 2.24) is 0 Å². The summed E-state index contributed by atoms with van der Waals surface area (Å²) in [4.78, 5) is 0.